The standard InChI is InChI=1S/C20H20N4O2/c1-21-20(26)15-9-6-14(7-10-15)8-11-19(25)22-13-12-18-23-16-4-2-3-5-17(16)24-18/h2-11H,12-13H2,1H3,(H,21,26)(H,22,25)(H,23,24)/b11-8+. The Morgan fingerprint density at radius 3 is 2.62 bits per heavy atom. The van der Waals surface area contributed by atoms with Crippen LogP contribution in [0.5, 0.6) is 0 Å². The predicted molar refractivity (Wildman–Crippen MR) is 102 cm³/mol. The first-order valence-corrected chi connectivity index (χ1v) is 8.37. The van der Waals surface area contributed by atoms with E-state index in [4.69, 9.17) is 0 Å². The van der Waals surface area contributed by atoms with Gasteiger partial charge in [-0.15, -0.1) is 0 Å². The highest BCUT2D eigenvalue weighted by Crippen LogP contribution is 2.10. The van der Waals surface area contributed by atoms with Crippen molar-refractivity contribution in [3.8, 4) is 0 Å². The van der Waals surface area contributed by atoms with Gasteiger partial charge in [-0.3, -0.25) is 9.59 Å². The Morgan fingerprint density at radius 1 is 1.12 bits per heavy atom. The van der Waals surface area contributed by atoms with Gasteiger partial charge >= 0.3 is 0 Å². The summed E-state index contributed by atoms with van der Waals surface area (Å²) in [5, 5.41) is 5.40. The number of para-hydroxylation sites is 2. The molecule has 0 bridgehead atoms. The lowest BCUT2D eigenvalue weighted by atomic mass is 10.1. The quantitative estimate of drug-likeness (QED) is 0.597. The van der Waals surface area contributed by atoms with Crippen molar-refractivity contribution in [2.75, 3.05) is 13.6 Å². The largest absolute Gasteiger partial charge is 0.355 e. The van der Waals surface area contributed by atoms with Gasteiger partial charge in [0.25, 0.3) is 5.91 Å². The SMILES string of the molecule is CNC(=O)c1ccc(/C=C/C(=O)NCCc2nc3ccccc3[nH]2)cc1. The van der Waals surface area contributed by atoms with E-state index in [1.54, 1.807) is 37.4 Å². The molecule has 0 aliphatic heterocycles. The monoisotopic (exact) mass is 348 g/mol. The zero-order valence-electron chi connectivity index (χ0n) is 14.5. The van der Waals surface area contributed by atoms with Crippen molar-refractivity contribution < 1.29 is 9.59 Å². The number of imidazole rings is 1. The van der Waals surface area contributed by atoms with Gasteiger partial charge in [-0.1, -0.05) is 24.3 Å². The van der Waals surface area contributed by atoms with Crippen LogP contribution in [0.3, 0.4) is 0 Å². The van der Waals surface area contributed by atoms with Gasteiger partial charge in [0.05, 0.1) is 11.0 Å². The zero-order chi connectivity index (χ0) is 18.4. The van der Waals surface area contributed by atoms with Gasteiger partial charge in [0.15, 0.2) is 0 Å². The average molecular weight is 348 g/mol. The van der Waals surface area contributed by atoms with Crippen LogP contribution in [0.15, 0.2) is 54.6 Å². The minimum atomic E-state index is -0.170. The van der Waals surface area contributed by atoms with Crippen LogP contribution in [-0.4, -0.2) is 35.4 Å². The summed E-state index contributed by atoms with van der Waals surface area (Å²) in [6.07, 6.45) is 3.83. The minimum absolute atomic E-state index is 0.135. The number of rotatable bonds is 6. The number of hydrogen-bond donors (Lipinski definition) is 3. The molecule has 0 saturated heterocycles. The third kappa shape index (κ3) is 4.36. The lowest BCUT2D eigenvalue weighted by molar-refractivity contribution is -0.116. The van der Waals surface area contributed by atoms with Crippen LogP contribution in [0.25, 0.3) is 17.1 Å². The molecule has 0 saturated carbocycles. The first kappa shape index (κ1) is 17.4. The Labute approximate surface area is 151 Å². The van der Waals surface area contributed by atoms with E-state index in [0.717, 1.165) is 22.4 Å². The van der Waals surface area contributed by atoms with E-state index in [-0.39, 0.29) is 11.8 Å². The van der Waals surface area contributed by atoms with E-state index in [1.165, 1.54) is 6.08 Å². The van der Waals surface area contributed by atoms with Crippen molar-refractivity contribution in [2.24, 2.45) is 0 Å². The smallest absolute Gasteiger partial charge is 0.251 e. The molecule has 0 radical (unpaired) electrons. The second kappa shape index (κ2) is 8.11. The normalized spacial score (nSPS) is 11.0. The number of aromatic amines is 1. The maximum atomic E-state index is 11.9. The van der Waals surface area contributed by atoms with E-state index in [9.17, 15) is 9.59 Å². The Kier molecular flexibility index (Phi) is 5.43. The first-order valence-electron chi connectivity index (χ1n) is 8.37. The van der Waals surface area contributed by atoms with Crippen LogP contribution in [0.2, 0.25) is 0 Å². The highest BCUT2D eigenvalue weighted by molar-refractivity contribution is 5.94. The van der Waals surface area contributed by atoms with E-state index < -0.39 is 0 Å². The summed E-state index contributed by atoms with van der Waals surface area (Å²) in [6.45, 7) is 0.499. The predicted octanol–water partition coefficient (Wildman–Crippen LogP) is 2.29. The van der Waals surface area contributed by atoms with Gasteiger partial charge in [0.1, 0.15) is 5.82 Å². The fraction of sp³-hybridized carbons (Fsp3) is 0.150. The minimum Gasteiger partial charge on any atom is -0.355 e. The van der Waals surface area contributed by atoms with Gasteiger partial charge < -0.3 is 15.6 Å². The van der Waals surface area contributed by atoms with Crippen LogP contribution in [0, 0.1) is 0 Å². The summed E-state index contributed by atoms with van der Waals surface area (Å²) in [7, 11) is 1.59. The number of hydrogen-bond acceptors (Lipinski definition) is 3. The topological polar surface area (TPSA) is 86.9 Å². The average Bonchev–Trinajstić information content (AvgIpc) is 3.09. The third-order valence-electron chi connectivity index (χ3n) is 3.93. The second-order valence-corrected chi connectivity index (χ2v) is 5.78. The molecule has 3 aromatic rings. The van der Waals surface area contributed by atoms with Gasteiger partial charge in [-0.2, -0.15) is 0 Å². The molecule has 0 aliphatic rings. The number of amides is 2. The molecule has 3 N–H and O–H groups in total. The number of carbonyl (C=O) groups is 2. The Hall–Kier alpha value is -3.41. The fourth-order valence-electron chi connectivity index (χ4n) is 2.55. The van der Waals surface area contributed by atoms with Crippen molar-refractivity contribution >= 4 is 28.9 Å². The summed E-state index contributed by atoms with van der Waals surface area (Å²) < 4.78 is 0. The molecule has 6 nitrogen and oxygen atoms in total. The van der Waals surface area contributed by atoms with E-state index in [2.05, 4.69) is 20.6 Å². The summed E-state index contributed by atoms with van der Waals surface area (Å²) in [4.78, 5) is 31.1. The molecule has 26 heavy (non-hydrogen) atoms. The molecule has 2 aromatic carbocycles. The van der Waals surface area contributed by atoms with Crippen LogP contribution in [-0.2, 0) is 11.2 Å². The molecule has 0 fully saturated rings. The number of aromatic nitrogens is 2. The van der Waals surface area contributed by atoms with Gasteiger partial charge in [0.2, 0.25) is 5.91 Å². The summed E-state index contributed by atoms with van der Waals surface area (Å²) in [5.74, 6) is 0.542. The van der Waals surface area contributed by atoms with Crippen molar-refractivity contribution in [1.82, 2.24) is 20.6 Å². The summed E-state index contributed by atoms with van der Waals surface area (Å²) in [5.41, 5.74) is 3.35. The summed E-state index contributed by atoms with van der Waals surface area (Å²) >= 11 is 0. The van der Waals surface area contributed by atoms with Gasteiger partial charge in [0, 0.05) is 31.7 Å². The molecule has 2 amide bonds. The second-order valence-electron chi connectivity index (χ2n) is 5.78. The van der Waals surface area contributed by atoms with Crippen LogP contribution >= 0.6 is 0 Å². The summed E-state index contributed by atoms with van der Waals surface area (Å²) in [6, 6.07) is 14.9. The van der Waals surface area contributed by atoms with Crippen molar-refractivity contribution in [1.29, 1.82) is 0 Å². The van der Waals surface area contributed by atoms with Crippen molar-refractivity contribution in [3.05, 3.63) is 71.6 Å². The molecule has 0 spiro atoms. The number of nitrogens with zero attached hydrogens (tertiary/aromatic N) is 1. The first-order chi connectivity index (χ1) is 12.7. The Balaban J connectivity index is 1.49. The maximum absolute atomic E-state index is 11.9. The zero-order valence-corrected chi connectivity index (χ0v) is 14.5. The van der Waals surface area contributed by atoms with E-state index >= 15 is 0 Å². The fourth-order valence-corrected chi connectivity index (χ4v) is 2.55. The molecule has 0 aliphatic carbocycles. The number of nitrogens with one attached hydrogen (secondary N) is 3. The molecule has 132 valence electrons. The van der Waals surface area contributed by atoms with E-state index in [0.29, 0.717) is 18.5 Å². The number of fused-ring (bicyclic) bond motifs is 1. The molecule has 1 aromatic heterocycles. The molecular formula is C20H20N4O2. The lowest BCUT2D eigenvalue weighted by Crippen LogP contribution is -2.23. The van der Waals surface area contributed by atoms with E-state index in [1.807, 2.05) is 24.3 Å². The third-order valence-corrected chi connectivity index (χ3v) is 3.93. The molecule has 0 atom stereocenters. The van der Waals surface area contributed by atoms with Crippen molar-refractivity contribution in [3.63, 3.8) is 0 Å². The number of H-pyrrole nitrogens is 1. The van der Waals surface area contributed by atoms with Gasteiger partial charge in [-0.25, -0.2) is 4.98 Å². The van der Waals surface area contributed by atoms with Gasteiger partial charge in [-0.05, 0) is 35.9 Å². The van der Waals surface area contributed by atoms with Crippen LogP contribution < -0.4 is 10.6 Å². The van der Waals surface area contributed by atoms with Crippen LogP contribution in [0.1, 0.15) is 21.7 Å². The molecule has 1 heterocycles. The molecular weight excluding hydrogens is 328 g/mol. The Bertz CT molecular complexity index is 909. The number of benzene rings is 2. The number of carbonyl (C=O) groups excluding carboxylic acids is 2. The molecule has 0 unspecified atom stereocenters. The van der Waals surface area contributed by atoms with Crippen LogP contribution in [0.4, 0.5) is 0 Å². The lowest BCUT2D eigenvalue weighted by Gasteiger charge is -2.01. The van der Waals surface area contributed by atoms with Crippen molar-refractivity contribution in [2.45, 2.75) is 6.42 Å². The molecule has 6 heteroatoms. The Morgan fingerprint density at radius 2 is 1.88 bits per heavy atom. The maximum Gasteiger partial charge on any atom is 0.251 e. The highest BCUT2D eigenvalue weighted by Gasteiger charge is 2.03. The highest BCUT2D eigenvalue weighted by atomic mass is 16.2. The molecule has 3 rings (SSSR count).